The first-order chi connectivity index (χ1) is 8.86. The first-order valence-electron chi connectivity index (χ1n) is 8.31. The molecule has 0 aliphatic carbocycles. The van der Waals surface area contributed by atoms with Gasteiger partial charge in [0.05, 0.1) is 0 Å². The van der Waals surface area contributed by atoms with Gasteiger partial charge in [0.2, 0.25) is 0 Å². The lowest BCUT2D eigenvalue weighted by Crippen LogP contribution is -2.46. The minimum absolute atomic E-state index is 1.30. The summed E-state index contributed by atoms with van der Waals surface area (Å²) in [7, 11) is 0. The minimum atomic E-state index is 1.30. The number of nitrogens with zero attached hydrogens (tertiary/aromatic N) is 2. The van der Waals surface area contributed by atoms with E-state index in [1.54, 1.807) is 0 Å². The van der Waals surface area contributed by atoms with Gasteiger partial charge in [-0.25, -0.2) is 0 Å². The Labute approximate surface area is 115 Å². The SMILES string of the molecule is CCCCCCCN1CCN(CCCCC)CC1. The Bertz CT molecular complexity index is 174. The van der Waals surface area contributed by atoms with Crippen LogP contribution in [0.25, 0.3) is 0 Å². The first kappa shape index (κ1) is 16.0. The van der Waals surface area contributed by atoms with Crippen molar-refractivity contribution in [2.24, 2.45) is 0 Å². The molecule has 0 aromatic rings. The van der Waals surface area contributed by atoms with Crippen LogP contribution in [0.3, 0.4) is 0 Å². The molecule has 1 fully saturated rings. The third kappa shape index (κ3) is 7.38. The molecule has 0 aromatic carbocycles. The summed E-state index contributed by atoms with van der Waals surface area (Å²) in [5.74, 6) is 0. The standard InChI is InChI=1S/C16H34N2/c1-3-5-7-8-10-12-18-15-13-17(14-16-18)11-9-6-4-2/h3-16H2,1-2H3. The molecular formula is C16H34N2. The summed E-state index contributed by atoms with van der Waals surface area (Å²) in [5.41, 5.74) is 0. The first-order valence-corrected chi connectivity index (χ1v) is 8.31. The largest absolute Gasteiger partial charge is 0.301 e. The van der Waals surface area contributed by atoms with Crippen LogP contribution in [-0.2, 0) is 0 Å². The average Bonchev–Trinajstić information content (AvgIpc) is 2.40. The maximum atomic E-state index is 2.67. The molecule has 0 N–H and O–H groups in total. The summed E-state index contributed by atoms with van der Waals surface area (Å²) in [4.78, 5) is 5.32. The van der Waals surface area contributed by atoms with E-state index in [-0.39, 0.29) is 0 Å². The second-order valence-corrected chi connectivity index (χ2v) is 5.80. The second-order valence-electron chi connectivity index (χ2n) is 5.80. The van der Waals surface area contributed by atoms with Crippen LogP contribution in [0.5, 0.6) is 0 Å². The molecule has 2 heteroatoms. The van der Waals surface area contributed by atoms with Crippen molar-refractivity contribution in [3.8, 4) is 0 Å². The molecule has 2 nitrogen and oxygen atoms in total. The van der Waals surface area contributed by atoms with Crippen molar-refractivity contribution in [2.75, 3.05) is 39.3 Å². The van der Waals surface area contributed by atoms with Crippen molar-refractivity contribution in [1.82, 2.24) is 9.80 Å². The van der Waals surface area contributed by atoms with E-state index >= 15 is 0 Å². The molecule has 0 radical (unpaired) electrons. The van der Waals surface area contributed by atoms with Gasteiger partial charge in [-0.05, 0) is 25.9 Å². The third-order valence-electron chi connectivity index (χ3n) is 4.12. The van der Waals surface area contributed by atoms with Gasteiger partial charge in [-0.1, -0.05) is 52.4 Å². The van der Waals surface area contributed by atoms with Crippen LogP contribution in [0.1, 0.15) is 65.2 Å². The smallest absolute Gasteiger partial charge is 0.0110 e. The quantitative estimate of drug-likeness (QED) is 0.548. The predicted molar refractivity (Wildman–Crippen MR) is 81.2 cm³/mol. The molecule has 0 bridgehead atoms. The van der Waals surface area contributed by atoms with Gasteiger partial charge in [0.15, 0.2) is 0 Å². The Morgan fingerprint density at radius 1 is 0.556 bits per heavy atom. The molecule has 0 atom stereocenters. The number of unbranched alkanes of at least 4 members (excludes halogenated alkanes) is 6. The van der Waals surface area contributed by atoms with E-state index in [0.717, 1.165) is 0 Å². The van der Waals surface area contributed by atoms with Gasteiger partial charge in [0, 0.05) is 26.2 Å². The summed E-state index contributed by atoms with van der Waals surface area (Å²) >= 11 is 0. The number of hydrogen-bond acceptors (Lipinski definition) is 2. The highest BCUT2D eigenvalue weighted by molar-refractivity contribution is 4.71. The van der Waals surface area contributed by atoms with Crippen LogP contribution in [0.4, 0.5) is 0 Å². The van der Waals surface area contributed by atoms with Crippen LogP contribution >= 0.6 is 0 Å². The Morgan fingerprint density at radius 3 is 1.44 bits per heavy atom. The number of hydrogen-bond donors (Lipinski definition) is 0. The molecule has 1 aliphatic heterocycles. The molecule has 0 saturated carbocycles. The zero-order valence-electron chi connectivity index (χ0n) is 12.8. The van der Waals surface area contributed by atoms with Crippen molar-refractivity contribution in [1.29, 1.82) is 0 Å². The summed E-state index contributed by atoms with van der Waals surface area (Å²) in [6, 6.07) is 0. The fourth-order valence-corrected chi connectivity index (χ4v) is 2.76. The molecule has 0 aromatic heterocycles. The number of piperazine rings is 1. The normalized spacial score (nSPS) is 18.3. The van der Waals surface area contributed by atoms with Crippen LogP contribution in [0, 0.1) is 0 Å². The van der Waals surface area contributed by atoms with Gasteiger partial charge in [-0.2, -0.15) is 0 Å². The van der Waals surface area contributed by atoms with Crippen LogP contribution in [0.15, 0.2) is 0 Å². The van der Waals surface area contributed by atoms with E-state index in [0.29, 0.717) is 0 Å². The van der Waals surface area contributed by atoms with E-state index < -0.39 is 0 Å². The predicted octanol–water partition coefficient (Wildman–Crippen LogP) is 3.76. The molecule has 108 valence electrons. The molecule has 1 heterocycles. The van der Waals surface area contributed by atoms with Crippen LogP contribution < -0.4 is 0 Å². The molecular weight excluding hydrogens is 220 g/mol. The van der Waals surface area contributed by atoms with E-state index in [4.69, 9.17) is 0 Å². The van der Waals surface area contributed by atoms with Crippen molar-refractivity contribution in [3.05, 3.63) is 0 Å². The maximum absolute atomic E-state index is 2.67. The van der Waals surface area contributed by atoms with Crippen molar-refractivity contribution >= 4 is 0 Å². The fourth-order valence-electron chi connectivity index (χ4n) is 2.76. The lowest BCUT2D eigenvalue weighted by molar-refractivity contribution is 0.129. The molecule has 1 rings (SSSR count). The van der Waals surface area contributed by atoms with Crippen molar-refractivity contribution in [2.45, 2.75) is 65.2 Å². The van der Waals surface area contributed by atoms with E-state index in [9.17, 15) is 0 Å². The van der Waals surface area contributed by atoms with Gasteiger partial charge in [-0.3, -0.25) is 0 Å². The lowest BCUT2D eigenvalue weighted by Gasteiger charge is -2.34. The van der Waals surface area contributed by atoms with E-state index in [1.807, 2.05) is 0 Å². The minimum Gasteiger partial charge on any atom is -0.301 e. The Morgan fingerprint density at radius 2 is 0.944 bits per heavy atom. The second kappa shape index (κ2) is 10.8. The summed E-state index contributed by atoms with van der Waals surface area (Å²) in [6.45, 7) is 12.5. The lowest BCUT2D eigenvalue weighted by atomic mass is 10.1. The van der Waals surface area contributed by atoms with Gasteiger partial charge in [0.25, 0.3) is 0 Å². The van der Waals surface area contributed by atoms with Gasteiger partial charge >= 0.3 is 0 Å². The topological polar surface area (TPSA) is 6.48 Å². The van der Waals surface area contributed by atoms with Gasteiger partial charge in [-0.15, -0.1) is 0 Å². The highest BCUT2D eigenvalue weighted by Gasteiger charge is 2.15. The highest BCUT2D eigenvalue weighted by Crippen LogP contribution is 2.08. The highest BCUT2D eigenvalue weighted by atomic mass is 15.3. The monoisotopic (exact) mass is 254 g/mol. The zero-order chi connectivity index (χ0) is 13.1. The molecule has 0 unspecified atom stereocenters. The average molecular weight is 254 g/mol. The Kier molecular flexibility index (Phi) is 9.59. The van der Waals surface area contributed by atoms with Crippen LogP contribution in [-0.4, -0.2) is 49.1 Å². The van der Waals surface area contributed by atoms with E-state index in [1.165, 1.54) is 90.6 Å². The summed E-state index contributed by atoms with van der Waals surface area (Å²) in [6.07, 6.45) is 11.2. The van der Waals surface area contributed by atoms with Gasteiger partial charge < -0.3 is 9.80 Å². The van der Waals surface area contributed by atoms with E-state index in [2.05, 4.69) is 23.6 Å². The Balaban J connectivity index is 1.94. The zero-order valence-corrected chi connectivity index (χ0v) is 12.8. The molecule has 1 aliphatic rings. The fraction of sp³-hybridized carbons (Fsp3) is 1.00. The third-order valence-corrected chi connectivity index (χ3v) is 4.12. The van der Waals surface area contributed by atoms with Crippen molar-refractivity contribution in [3.63, 3.8) is 0 Å². The number of rotatable bonds is 10. The summed E-state index contributed by atoms with van der Waals surface area (Å²) in [5, 5.41) is 0. The van der Waals surface area contributed by atoms with Gasteiger partial charge in [0.1, 0.15) is 0 Å². The summed E-state index contributed by atoms with van der Waals surface area (Å²) < 4.78 is 0. The molecule has 0 spiro atoms. The Hall–Kier alpha value is -0.0800. The molecule has 18 heavy (non-hydrogen) atoms. The van der Waals surface area contributed by atoms with Crippen molar-refractivity contribution < 1.29 is 0 Å². The molecule has 0 amide bonds. The molecule has 1 saturated heterocycles. The van der Waals surface area contributed by atoms with Crippen LogP contribution in [0.2, 0.25) is 0 Å². The maximum Gasteiger partial charge on any atom is 0.0110 e.